The fourth-order valence-corrected chi connectivity index (χ4v) is 1.91. The van der Waals surface area contributed by atoms with Crippen LogP contribution in [0.2, 0.25) is 0 Å². The number of carboxylic acid groups (broad SMARTS) is 1. The Labute approximate surface area is 104 Å². The molecule has 1 aliphatic carbocycles. The molecular weight excluding hydrogens is 236 g/mol. The molecule has 2 N–H and O–H groups in total. The molecule has 0 atom stereocenters. The van der Waals surface area contributed by atoms with E-state index in [1.165, 1.54) is 0 Å². The molecule has 0 radical (unpaired) electrons. The lowest BCUT2D eigenvalue weighted by Gasteiger charge is -2.10. The van der Waals surface area contributed by atoms with Crippen molar-refractivity contribution in [3.63, 3.8) is 0 Å². The highest BCUT2D eigenvalue weighted by molar-refractivity contribution is 5.96. The molecule has 0 saturated heterocycles. The lowest BCUT2D eigenvalue weighted by molar-refractivity contribution is -0.143. The van der Waals surface area contributed by atoms with Gasteiger partial charge in [0, 0.05) is 6.54 Å². The molecule has 98 valence electrons. The predicted molar refractivity (Wildman–Crippen MR) is 62.3 cm³/mol. The highest BCUT2D eigenvalue weighted by Crippen LogP contribution is 2.45. The summed E-state index contributed by atoms with van der Waals surface area (Å²) < 4.78 is 4.98. The molecule has 1 aromatic heterocycles. The Balaban J connectivity index is 2.04. The van der Waals surface area contributed by atoms with E-state index in [4.69, 9.17) is 9.63 Å². The van der Waals surface area contributed by atoms with Gasteiger partial charge in [-0.3, -0.25) is 9.59 Å². The van der Waals surface area contributed by atoms with Crippen molar-refractivity contribution in [2.45, 2.75) is 33.1 Å². The molecule has 1 fully saturated rings. The van der Waals surface area contributed by atoms with E-state index in [0.29, 0.717) is 36.3 Å². The third kappa shape index (κ3) is 2.10. The van der Waals surface area contributed by atoms with Crippen LogP contribution in [0.25, 0.3) is 0 Å². The van der Waals surface area contributed by atoms with Crippen LogP contribution in [0.4, 0.5) is 0 Å². The van der Waals surface area contributed by atoms with Gasteiger partial charge in [-0.1, -0.05) is 12.1 Å². The van der Waals surface area contributed by atoms with Crippen LogP contribution in [0.15, 0.2) is 4.52 Å². The zero-order valence-corrected chi connectivity index (χ0v) is 10.4. The molecule has 0 aromatic carbocycles. The van der Waals surface area contributed by atoms with E-state index in [2.05, 4.69) is 10.5 Å². The average molecular weight is 252 g/mol. The molecule has 1 aliphatic rings. The molecule has 18 heavy (non-hydrogen) atoms. The van der Waals surface area contributed by atoms with Crippen molar-refractivity contribution < 1.29 is 19.2 Å². The first-order valence-corrected chi connectivity index (χ1v) is 5.97. The first kappa shape index (κ1) is 12.6. The summed E-state index contributed by atoms with van der Waals surface area (Å²) >= 11 is 0. The number of hydrogen-bond acceptors (Lipinski definition) is 4. The summed E-state index contributed by atoms with van der Waals surface area (Å²) in [6, 6.07) is 0. The van der Waals surface area contributed by atoms with E-state index < -0.39 is 11.4 Å². The summed E-state index contributed by atoms with van der Waals surface area (Å²) in [6.07, 6.45) is 1.84. The van der Waals surface area contributed by atoms with Crippen molar-refractivity contribution in [1.82, 2.24) is 10.5 Å². The van der Waals surface area contributed by atoms with Crippen molar-refractivity contribution in [3.8, 4) is 0 Å². The lowest BCUT2D eigenvalue weighted by atomic mass is 10.1. The van der Waals surface area contributed by atoms with E-state index in [1.807, 2.05) is 6.92 Å². The van der Waals surface area contributed by atoms with Crippen LogP contribution in [0.1, 0.15) is 41.6 Å². The van der Waals surface area contributed by atoms with E-state index >= 15 is 0 Å². The third-order valence-corrected chi connectivity index (χ3v) is 3.39. The number of carbonyl (C=O) groups excluding carboxylic acids is 1. The second kappa shape index (κ2) is 4.44. The van der Waals surface area contributed by atoms with Gasteiger partial charge in [-0.25, -0.2) is 0 Å². The minimum absolute atomic E-state index is 0.162. The van der Waals surface area contributed by atoms with Gasteiger partial charge in [0.15, 0.2) is 0 Å². The van der Waals surface area contributed by atoms with Gasteiger partial charge >= 0.3 is 5.97 Å². The molecule has 1 amide bonds. The molecule has 6 heteroatoms. The van der Waals surface area contributed by atoms with Gasteiger partial charge in [-0.15, -0.1) is 0 Å². The fraction of sp³-hybridized carbons (Fsp3) is 0.583. The van der Waals surface area contributed by atoms with Crippen LogP contribution in [0, 0.1) is 12.3 Å². The predicted octanol–water partition coefficient (Wildman–Crippen LogP) is 1.14. The van der Waals surface area contributed by atoms with Gasteiger partial charge in [0.2, 0.25) is 0 Å². The Kier molecular flexibility index (Phi) is 3.11. The summed E-state index contributed by atoms with van der Waals surface area (Å²) in [5.41, 5.74) is 0.275. The Morgan fingerprint density at radius 2 is 2.17 bits per heavy atom. The molecule has 0 spiro atoms. The number of carbonyl (C=O) groups is 2. The number of carboxylic acids is 1. The van der Waals surface area contributed by atoms with Gasteiger partial charge < -0.3 is 14.9 Å². The van der Waals surface area contributed by atoms with Crippen LogP contribution in [0.5, 0.6) is 0 Å². The van der Waals surface area contributed by atoms with Crippen molar-refractivity contribution in [2.24, 2.45) is 5.41 Å². The maximum Gasteiger partial charge on any atom is 0.311 e. The van der Waals surface area contributed by atoms with Crippen LogP contribution >= 0.6 is 0 Å². The summed E-state index contributed by atoms with van der Waals surface area (Å²) in [4.78, 5) is 23.0. The minimum atomic E-state index is -0.847. The molecule has 1 aromatic rings. The number of aryl methyl sites for hydroxylation is 2. The summed E-state index contributed by atoms with van der Waals surface area (Å²) in [5, 5.41) is 15.5. The highest BCUT2D eigenvalue weighted by atomic mass is 16.5. The number of hydrogen-bond donors (Lipinski definition) is 2. The number of aliphatic carboxylic acids is 1. The summed E-state index contributed by atoms with van der Waals surface area (Å²) in [7, 11) is 0. The Bertz CT molecular complexity index is 488. The first-order valence-electron chi connectivity index (χ1n) is 5.97. The zero-order valence-electron chi connectivity index (χ0n) is 10.4. The third-order valence-electron chi connectivity index (χ3n) is 3.39. The summed E-state index contributed by atoms with van der Waals surface area (Å²) in [5.74, 6) is -0.691. The van der Waals surface area contributed by atoms with E-state index in [1.54, 1.807) is 6.92 Å². The standard InChI is InChI=1S/C12H16N2O4/c1-3-8-9(7(2)18-14-8)10(15)13-6-12(4-5-12)11(16)17/h3-6H2,1-2H3,(H,13,15)(H,16,17). The molecular formula is C12H16N2O4. The van der Waals surface area contributed by atoms with E-state index in [9.17, 15) is 9.59 Å². The van der Waals surface area contributed by atoms with Gasteiger partial charge in [0.1, 0.15) is 11.3 Å². The second-order valence-corrected chi connectivity index (χ2v) is 4.68. The van der Waals surface area contributed by atoms with E-state index in [0.717, 1.165) is 0 Å². The molecule has 0 aliphatic heterocycles. The molecule has 0 unspecified atom stereocenters. The maximum absolute atomic E-state index is 12.0. The lowest BCUT2D eigenvalue weighted by Crippen LogP contribution is -2.34. The molecule has 6 nitrogen and oxygen atoms in total. The number of nitrogens with one attached hydrogen (secondary N) is 1. The molecule has 1 heterocycles. The van der Waals surface area contributed by atoms with Crippen molar-refractivity contribution in [1.29, 1.82) is 0 Å². The second-order valence-electron chi connectivity index (χ2n) is 4.68. The Morgan fingerprint density at radius 3 is 2.67 bits per heavy atom. The Hall–Kier alpha value is -1.85. The number of amides is 1. The monoisotopic (exact) mass is 252 g/mol. The highest BCUT2D eigenvalue weighted by Gasteiger charge is 2.50. The molecule has 1 saturated carbocycles. The minimum Gasteiger partial charge on any atom is -0.481 e. The van der Waals surface area contributed by atoms with Crippen molar-refractivity contribution in [3.05, 3.63) is 17.0 Å². The quantitative estimate of drug-likeness (QED) is 0.819. The molecule has 2 rings (SSSR count). The van der Waals surface area contributed by atoms with Crippen molar-refractivity contribution >= 4 is 11.9 Å². The topological polar surface area (TPSA) is 92.4 Å². The van der Waals surface area contributed by atoms with E-state index in [-0.39, 0.29) is 12.5 Å². The maximum atomic E-state index is 12.0. The zero-order chi connectivity index (χ0) is 13.3. The smallest absolute Gasteiger partial charge is 0.311 e. The Morgan fingerprint density at radius 1 is 1.50 bits per heavy atom. The van der Waals surface area contributed by atoms with Crippen molar-refractivity contribution in [2.75, 3.05) is 6.54 Å². The van der Waals surface area contributed by atoms with Gasteiger partial charge in [-0.05, 0) is 26.2 Å². The van der Waals surface area contributed by atoms with Crippen LogP contribution < -0.4 is 5.32 Å². The van der Waals surface area contributed by atoms with Crippen LogP contribution in [-0.4, -0.2) is 28.7 Å². The number of rotatable bonds is 5. The largest absolute Gasteiger partial charge is 0.481 e. The van der Waals surface area contributed by atoms with Gasteiger partial charge in [-0.2, -0.15) is 0 Å². The number of aromatic nitrogens is 1. The fourth-order valence-electron chi connectivity index (χ4n) is 1.91. The van der Waals surface area contributed by atoms with Gasteiger partial charge in [0.05, 0.1) is 11.1 Å². The van der Waals surface area contributed by atoms with Gasteiger partial charge in [0.25, 0.3) is 5.91 Å². The first-order chi connectivity index (χ1) is 8.50. The van der Waals surface area contributed by atoms with Crippen LogP contribution in [0.3, 0.4) is 0 Å². The molecule has 0 bridgehead atoms. The van der Waals surface area contributed by atoms with Crippen LogP contribution in [-0.2, 0) is 11.2 Å². The number of nitrogens with zero attached hydrogens (tertiary/aromatic N) is 1. The SMILES string of the molecule is CCc1noc(C)c1C(=O)NCC1(C(=O)O)CC1. The average Bonchev–Trinajstić information content (AvgIpc) is 3.04. The normalized spacial score (nSPS) is 16.3. The summed E-state index contributed by atoms with van der Waals surface area (Å²) in [6.45, 7) is 3.72.